The van der Waals surface area contributed by atoms with E-state index < -0.39 is 11.0 Å². The average molecular weight is 246 g/mol. The number of carbonyl (C=O) groups is 2. The molecule has 96 valence electrons. The number of allylic oxidation sites excluding steroid dienone is 1. The van der Waals surface area contributed by atoms with Crippen molar-refractivity contribution in [1.29, 1.82) is 0 Å². The Morgan fingerprint density at radius 3 is 2.56 bits per heavy atom. The van der Waals surface area contributed by atoms with Crippen molar-refractivity contribution in [3.05, 3.63) is 11.6 Å². The van der Waals surface area contributed by atoms with Crippen molar-refractivity contribution in [2.45, 2.75) is 39.2 Å². The molecule has 0 radical (unpaired) electrons. The van der Waals surface area contributed by atoms with E-state index in [4.69, 9.17) is 4.74 Å². The Morgan fingerprint density at radius 2 is 1.94 bits per heavy atom. The minimum atomic E-state index is -0.848. The highest BCUT2D eigenvalue weighted by molar-refractivity contribution is 6.18. The first-order valence-corrected chi connectivity index (χ1v) is 6.78. The Labute approximate surface area is 107 Å². The maximum Gasteiger partial charge on any atom is 0.185 e. The van der Waals surface area contributed by atoms with Gasteiger partial charge in [-0.1, -0.05) is 25.5 Å². The van der Waals surface area contributed by atoms with Gasteiger partial charge >= 0.3 is 0 Å². The van der Waals surface area contributed by atoms with Gasteiger partial charge in [0.15, 0.2) is 17.2 Å². The van der Waals surface area contributed by atoms with Crippen molar-refractivity contribution < 1.29 is 14.3 Å². The van der Waals surface area contributed by atoms with Crippen LogP contribution in [-0.4, -0.2) is 23.8 Å². The minimum Gasteiger partial charge on any atom is -0.361 e. The lowest BCUT2D eigenvalue weighted by Crippen LogP contribution is -2.59. The molecule has 2 saturated carbocycles. The van der Waals surface area contributed by atoms with E-state index in [0.717, 1.165) is 12.8 Å². The molecule has 18 heavy (non-hydrogen) atoms. The second kappa shape index (κ2) is 2.64. The maximum absolute atomic E-state index is 12.8. The van der Waals surface area contributed by atoms with Crippen LogP contribution in [0.5, 0.6) is 0 Å². The monoisotopic (exact) mass is 246 g/mol. The number of hydrogen-bond donors (Lipinski definition) is 0. The Morgan fingerprint density at radius 1 is 1.28 bits per heavy atom. The van der Waals surface area contributed by atoms with Crippen LogP contribution < -0.4 is 0 Å². The van der Waals surface area contributed by atoms with Gasteiger partial charge in [0.1, 0.15) is 5.41 Å². The molecular weight excluding hydrogens is 228 g/mol. The lowest BCUT2D eigenvalue weighted by Gasteiger charge is -2.47. The molecule has 0 aromatic heterocycles. The SMILES string of the molecule is CC1=C[C@@]23C(=O)C(C)(C)C[C@H]2C[C@@H]1C1(CO1)C3=O. The largest absolute Gasteiger partial charge is 0.361 e. The van der Waals surface area contributed by atoms with Gasteiger partial charge in [0.05, 0.1) is 6.61 Å². The quantitative estimate of drug-likeness (QED) is 0.372. The Hall–Kier alpha value is -0.960. The molecule has 0 aromatic rings. The summed E-state index contributed by atoms with van der Waals surface area (Å²) in [7, 11) is 0. The van der Waals surface area contributed by atoms with Crippen LogP contribution in [0.25, 0.3) is 0 Å². The second-order valence-corrected chi connectivity index (χ2v) is 7.17. The Bertz CT molecular complexity index is 524. The fourth-order valence-electron chi connectivity index (χ4n) is 4.83. The molecule has 0 aromatic carbocycles. The van der Waals surface area contributed by atoms with Gasteiger partial charge < -0.3 is 4.74 Å². The number of carbonyl (C=O) groups excluding carboxylic acids is 2. The summed E-state index contributed by atoms with van der Waals surface area (Å²) in [6.45, 7) is 6.53. The normalized spacial score (nSPS) is 51.6. The standard InChI is InChI=1S/C15H18O3/c1-8-5-14-9(6-13(2,3)11(14)16)4-10(8)15(7-18-15)12(14)17/h5,9-10H,4,6-7H2,1-3H3/t9-,10+,14+,15?/m1/s1. The van der Waals surface area contributed by atoms with Crippen molar-refractivity contribution in [2.75, 3.05) is 6.61 Å². The number of epoxide rings is 1. The van der Waals surface area contributed by atoms with Crippen molar-refractivity contribution in [3.8, 4) is 0 Å². The van der Waals surface area contributed by atoms with Crippen LogP contribution in [-0.2, 0) is 14.3 Å². The van der Waals surface area contributed by atoms with Crippen LogP contribution in [0.3, 0.4) is 0 Å². The zero-order valence-corrected chi connectivity index (χ0v) is 11.1. The summed E-state index contributed by atoms with van der Waals surface area (Å²) in [5.41, 5.74) is -0.647. The lowest BCUT2D eigenvalue weighted by molar-refractivity contribution is -0.149. The highest BCUT2D eigenvalue weighted by Crippen LogP contribution is 2.66. The maximum atomic E-state index is 12.8. The molecule has 4 atom stereocenters. The molecule has 3 nitrogen and oxygen atoms in total. The third-order valence-electron chi connectivity index (χ3n) is 5.69. The molecule has 2 spiro atoms. The number of Topliss-reactive ketones (excluding diaryl/α,β-unsaturated/α-hetero) is 2. The Kier molecular flexibility index (Phi) is 1.60. The van der Waals surface area contributed by atoms with E-state index in [2.05, 4.69) is 6.92 Å². The van der Waals surface area contributed by atoms with E-state index in [1.807, 2.05) is 19.9 Å². The molecule has 4 aliphatic carbocycles. The van der Waals surface area contributed by atoms with Gasteiger partial charge in [-0.3, -0.25) is 9.59 Å². The molecule has 3 fully saturated rings. The van der Waals surface area contributed by atoms with E-state index in [9.17, 15) is 9.59 Å². The van der Waals surface area contributed by atoms with E-state index in [-0.39, 0.29) is 28.8 Å². The molecule has 1 saturated heterocycles. The molecule has 1 unspecified atom stereocenters. The van der Waals surface area contributed by atoms with Crippen molar-refractivity contribution in [3.63, 3.8) is 0 Å². The number of hydrogen-bond acceptors (Lipinski definition) is 3. The molecule has 5 aliphatic rings. The van der Waals surface area contributed by atoms with E-state index in [0.29, 0.717) is 6.61 Å². The molecule has 5 rings (SSSR count). The number of ketones is 2. The van der Waals surface area contributed by atoms with E-state index in [1.54, 1.807) is 0 Å². The highest BCUT2D eigenvalue weighted by atomic mass is 16.6. The van der Waals surface area contributed by atoms with Gasteiger partial charge in [-0.25, -0.2) is 0 Å². The van der Waals surface area contributed by atoms with Crippen molar-refractivity contribution >= 4 is 11.6 Å². The van der Waals surface area contributed by atoms with Crippen LogP contribution >= 0.6 is 0 Å². The summed E-state index contributed by atoms with van der Waals surface area (Å²) in [6, 6.07) is 0. The second-order valence-electron chi connectivity index (χ2n) is 7.17. The molecule has 1 aliphatic heterocycles. The van der Waals surface area contributed by atoms with Gasteiger partial charge in [0, 0.05) is 11.3 Å². The number of rotatable bonds is 0. The van der Waals surface area contributed by atoms with Crippen LogP contribution in [0.4, 0.5) is 0 Å². The topological polar surface area (TPSA) is 46.7 Å². The zero-order valence-electron chi connectivity index (χ0n) is 11.1. The fourth-order valence-corrected chi connectivity index (χ4v) is 4.83. The third kappa shape index (κ3) is 0.880. The summed E-state index contributed by atoms with van der Waals surface area (Å²) in [6.07, 6.45) is 3.77. The first-order chi connectivity index (χ1) is 8.34. The molecule has 2 bridgehead atoms. The van der Waals surface area contributed by atoms with Gasteiger partial charge in [-0.05, 0) is 25.7 Å². The van der Waals surface area contributed by atoms with Crippen LogP contribution in [0.1, 0.15) is 33.6 Å². The number of ether oxygens (including phenoxy) is 1. The Balaban J connectivity index is 1.97. The van der Waals surface area contributed by atoms with E-state index in [1.165, 1.54) is 5.57 Å². The zero-order chi connectivity index (χ0) is 12.9. The molecule has 0 N–H and O–H groups in total. The first-order valence-electron chi connectivity index (χ1n) is 6.78. The van der Waals surface area contributed by atoms with Gasteiger partial charge in [0.25, 0.3) is 0 Å². The van der Waals surface area contributed by atoms with Gasteiger partial charge in [-0.2, -0.15) is 0 Å². The summed E-state index contributed by atoms with van der Waals surface area (Å²) in [5, 5.41) is 0. The average Bonchev–Trinajstić information content (AvgIpc) is 3.04. The molecule has 1 heterocycles. The predicted molar refractivity (Wildman–Crippen MR) is 64.9 cm³/mol. The van der Waals surface area contributed by atoms with E-state index >= 15 is 0 Å². The highest BCUT2D eigenvalue weighted by Gasteiger charge is 2.76. The van der Waals surface area contributed by atoms with Crippen molar-refractivity contribution in [2.24, 2.45) is 22.7 Å². The van der Waals surface area contributed by atoms with Crippen LogP contribution in [0.2, 0.25) is 0 Å². The van der Waals surface area contributed by atoms with Gasteiger partial charge in [-0.15, -0.1) is 0 Å². The van der Waals surface area contributed by atoms with Gasteiger partial charge in [0.2, 0.25) is 0 Å². The lowest BCUT2D eigenvalue weighted by atomic mass is 9.52. The first kappa shape index (κ1) is 10.9. The van der Waals surface area contributed by atoms with Crippen LogP contribution in [0.15, 0.2) is 11.6 Å². The molecule has 0 amide bonds. The smallest absolute Gasteiger partial charge is 0.185 e. The predicted octanol–water partition coefficient (Wildman–Crippen LogP) is 1.91. The summed E-state index contributed by atoms with van der Waals surface area (Å²) < 4.78 is 5.53. The molecular formula is C15H18O3. The minimum absolute atomic E-state index is 0.0671. The third-order valence-corrected chi connectivity index (χ3v) is 5.69. The van der Waals surface area contributed by atoms with Crippen LogP contribution in [0, 0.1) is 22.7 Å². The summed E-state index contributed by atoms with van der Waals surface area (Å²) in [4.78, 5) is 25.6. The summed E-state index contributed by atoms with van der Waals surface area (Å²) in [5.74, 6) is 0.615. The molecule has 3 heteroatoms. The fraction of sp³-hybridized carbons (Fsp3) is 0.733. The van der Waals surface area contributed by atoms with Crippen molar-refractivity contribution in [1.82, 2.24) is 0 Å². The summed E-state index contributed by atoms with van der Waals surface area (Å²) >= 11 is 0.